The van der Waals surface area contributed by atoms with Crippen molar-refractivity contribution in [3.8, 4) is 0 Å². The standard InChI is InChI=1S/C14H21N5O2/c1-9(10(2)15)14(21)18-11-3-4-12(17-7-11)19-6-5-16-13(20)8-19/h3-4,7,9-10H,5-6,8,15H2,1-2H3,(H,16,20)(H,18,21). The number of pyridine rings is 1. The first kappa shape index (κ1) is 15.2. The third-order valence-electron chi connectivity index (χ3n) is 3.58. The number of nitrogens with one attached hydrogen (secondary N) is 2. The number of carbonyl (C=O) groups is 2. The number of piperazine rings is 1. The Hall–Kier alpha value is -2.15. The maximum atomic E-state index is 11.9. The molecule has 2 unspecified atom stereocenters. The first-order chi connectivity index (χ1) is 9.97. The number of amides is 2. The largest absolute Gasteiger partial charge is 0.353 e. The zero-order valence-corrected chi connectivity index (χ0v) is 12.3. The lowest BCUT2D eigenvalue weighted by molar-refractivity contribution is -0.121. The third-order valence-corrected chi connectivity index (χ3v) is 3.58. The van der Waals surface area contributed by atoms with Crippen LogP contribution in [0.5, 0.6) is 0 Å². The van der Waals surface area contributed by atoms with E-state index in [1.807, 2.05) is 4.90 Å². The molecule has 2 atom stereocenters. The smallest absolute Gasteiger partial charge is 0.239 e. The highest BCUT2D eigenvalue weighted by Gasteiger charge is 2.19. The summed E-state index contributed by atoms with van der Waals surface area (Å²) in [4.78, 5) is 29.4. The summed E-state index contributed by atoms with van der Waals surface area (Å²) in [5.41, 5.74) is 6.33. The van der Waals surface area contributed by atoms with Gasteiger partial charge in [0.1, 0.15) is 5.82 Å². The van der Waals surface area contributed by atoms with Gasteiger partial charge in [-0.3, -0.25) is 9.59 Å². The van der Waals surface area contributed by atoms with Crippen LogP contribution in [0.2, 0.25) is 0 Å². The molecule has 7 heteroatoms. The topological polar surface area (TPSA) is 100 Å². The summed E-state index contributed by atoms with van der Waals surface area (Å²) in [7, 11) is 0. The Morgan fingerprint density at radius 2 is 2.24 bits per heavy atom. The molecule has 0 saturated carbocycles. The minimum Gasteiger partial charge on any atom is -0.353 e. The van der Waals surface area contributed by atoms with Gasteiger partial charge >= 0.3 is 0 Å². The highest BCUT2D eigenvalue weighted by molar-refractivity contribution is 5.92. The molecule has 2 heterocycles. The Balaban J connectivity index is 1.99. The van der Waals surface area contributed by atoms with Crippen molar-refractivity contribution in [1.82, 2.24) is 10.3 Å². The first-order valence-corrected chi connectivity index (χ1v) is 7.01. The normalized spacial score (nSPS) is 17.9. The van der Waals surface area contributed by atoms with Gasteiger partial charge in [0.05, 0.1) is 24.3 Å². The summed E-state index contributed by atoms with van der Waals surface area (Å²) in [5.74, 6) is 0.321. The Bertz CT molecular complexity index is 515. The van der Waals surface area contributed by atoms with Gasteiger partial charge in [-0.25, -0.2) is 4.98 Å². The van der Waals surface area contributed by atoms with Crippen molar-refractivity contribution < 1.29 is 9.59 Å². The van der Waals surface area contributed by atoms with Gasteiger partial charge in [-0.2, -0.15) is 0 Å². The SMILES string of the molecule is CC(N)C(C)C(=O)Nc1ccc(N2CCNC(=O)C2)nc1. The zero-order valence-electron chi connectivity index (χ0n) is 12.3. The third kappa shape index (κ3) is 3.91. The number of hydrogen-bond donors (Lipinski definition) is 3. The van der Waals surface area contributed by atoms with Gasteiger partial charge in [-0.15, -0.1) is 0 Å². The molecule has 1 aliphatic rings. The Labute approximate surface area is 123 Å². The van der Waals surface area contributed by atoms with Crippen LogP contribution < -0.4 is 21.3 Å². The summed E-state index contributed by atoms with van der Waals surface area (Å²) in [6.07, 6.45) is 1.59. The van der Waals surface area contributed by atoms with Gasteiger partial charge in [-0.05, 0) is 19.1 Å². The van der Waals surface area contributed by atoms with Crippen LogP contribution in [0.4, 0.5) is 11.5 Å². The van der Waals surface area contributed by atoms with E-state index in [2.05, 4.69) is 15.6 Å². The number of nitrogens with two attached hydrogens (primary N) is 1. The Morgan fingerprint density at radius 1 is 1.48 bits per heavy atom. The summed E-state index contributed by atoms with van der Waals surface area (Å²) < 4.78 is 0. The first-order valence-electron chi connectivity index (χ1n) is 7.01. The molecule has 2 rings (SSSR count). The molecule has 0 aromatic carbocycles. The molecule has 1 aromatic heterocycles. The molecule has 21 heavy (non-hydrogen) atoms. The van der Waals surface area contributed by atoms with E-state index in [-0.39, 0.29) is 23.8 Å². The van der Waals surface area contributed by atoms with E-state index in [1.165, 1.54) is 0 Å². The molecule has 1 fully saturated rings. The van der Waals surface area contributed by atoms with Crippen LogP contribution in [0.1, 0.15) is 13.8 Å². The molecule has 0 bridgehead atoms. The summed E-state index contributed by atoms with van der Waals surface area (Å²) in [6, 6.07) is 3.37. The van der Waals surface area contributed by atoms with Crippen molar-refractivity contribution >= 4 is 23.3 Å². The van der Waals surface area contributed by atoms with E-state index in [0.29, 0.717) is 18.8 Å². The van der Waals surface area contributed by atoms with Gasteiger partial charge in [0.15, 0.2) is 0 Å². The van der Waals surface area contributed by atoms with Crippen molar-refractivity contribution in [3.63, 3.8) is 0 Å². The van der Waals surface area contributed by atoms with Gasteiger partial charge in [0, 0.05) is 19.1 Å². The predicted octanol–water partition coefficient (Wildman–Crippen LogP) is -0.0604. The fourth-order valence-corrected chi connectivity index (χ4v) is 1.98. The van der Waals surface area contributed by atoms with E-state index in [9.17, 15) is 9.59 Å². The fraction of sp³-hybridized carbons (Fsp3) is 0.500. The summed E-state index contributed by atoms with van der Waals surface area (Å²) >= 11 is 0. The van der Waals surface area contributed by atoms with E-state index in [0.717, 1.165) is 12.4 Å². The molecule has 0 radical (unpaired) electrons. The molecular weight excluding hydrogens is 270 g/mol. The van der Waals surface area contributed by atoms with E-state index in [4.69, 9.17) is 5.73 Å². The predicted molar refractivity (Wildman–Crippen MR) is 80.9 cm³/mol. The quantitative estimate of drug-likeness (QED) is 0.721. The zero-order chi connectivity index (χ0) is 15.4. The molecule has 114 valence electrons. The number of carbonyl (C=O) groups excluding carboxylic acids is 2. The van der Waals surface area contributed by atoms with E-state index >= 15 is 0 Å². The maximum Gasteiger partial charge on any atom is 0.239 e. The number of nitrogens with zero attached hydrogens (tertiary/aromatic N) is 2. The van der Waals surface area contributed by atoms with Crippen LogP contribution in [-0.2, 0) is 9.59 Å². The van der Waals surface area contributed by atoms with Crippen LogP contribution in [0, 0.1) is 5.92 Å². The number of hydrogen-bond acceptors (Lipinski definition) is 5. The molecule has 0 aliphatic carbocycles. The highest BCUT2D eigenvalue weighted by atomic mass is 16.2. The molecule has 7 nitrogen and oxygen atoms in total. The molecule has 0 spiro atoms. The average Bonchev–Trinajstić information content (AvgIpc) is 2.47. The summed E-state index contributed by atoms with van der Waals surface area (Å²) in [5, 5.41) is 5.55. The van der Waals surface area contributed by atoms with Crippen molar-refractivity contribution in [2.45, 2.75) is 19.9 Å². The number of aromatic nitrogens is 1. The van der Waals surface area contributed by atoms with Gasteiger partial charge in [0.2, 0.25) is 11.8 Å². The molecule has 1 aliphatic heterocycles. The summed E-state index contributed by atoms with van der Waals surface area (Å²) in [6.45, 7) is 5.23. The number of anilines is 2. The molecule has 1 aromatic rings. The Kier molecular flexibility index (Phi) is 4.74. The lowest BCUT2D eigenvalue weighted by Crippen LogP contribution is -2.48. The van der Waals surface area contributed by atoms with Gasteiger partial charge in [0.25, 0.3) is 0 Å². The van der Waals surface area contributed by atoms with Crippen LogP contribution in [0.3, 0.4) is 0 Å². The lowest BCUT2D eigenvalue weighted by atomic mass is 10.0. The second kappa shape index (κ2) is 6.53. The van der Waals surface area contributed by atoms with Gasteiger partial charge < -0.3 is 21.3 Å². The van der Waals surface area contributed by atoms with Crippen molar-refractivity contribution in [2.75, 3.05) is 29.9 Å². The van der Waals surface area contributed by atoms with E-state index in [1.54, 1.807) is 32.2 Å². The van der Waals surface area contributed by atoms with Gasteiger partial charge in [-0.1, -0.05) is 6.92 Å². The maximum absolute atomic E-state index is 11.9. The van der Waals surface area contributed by atoms with Crippen molar-refractivity contribution in [2.24, 2.45) is 11.7 Å². The number of rotatable bonds is 4. The minimum atomic E-state index is -0.268. The van der Waals surface area contributed by atoms with Crippen LogP contribution >= 0.6 is 0 Å². The highest BCUT2D eigenvalue weighted by Crippen LogP contribution is 2.15. The molecule has 2 amide bonds. The van der Waals surface area contributed by atoms with Crippen LogP contribution in [0.25, 0.3) is 0 Å². The van der Waals surface area contributed by atoms with Crippen LogP contribution in [-0.4, -0.2) is 42.5 Å². The average molecular weight is 291 g/mol. The molecule has 1 saturated heterocycles. The second-order valence-corrected chi connectivity index (χ2v) is 5.31. The second-order valence-electron chi connectivity index (χ2n) is 5.31. The fourth-order valence-electron chi connectivity index (χ4n) is 1.98. The van der Waals surface area contributed by atoms with E-state index < -0.39 is 0 Å². The van der Waals surface area contributed by atoms with Crippen molar-refractivity contribution in [1.29, 1.82) is 0 Å². The van der Waals surface area contributed by atoms with Crippen molar-refractivity contribution in [3.05, 3.63) is 18.3 Å². The minimum absolute atomic E-state index is 0.00816. The molecule has 4 N–H and O–H groups in total. The van der Waals surface area contributed by atoms with Crippen LogP contribution in [0.15, 0.2) is 18.3 Å². The Morgan fingerprint density at radius 3 is 2.81 bits per heavy atom. The monoisotopic (exact) mass is 291 g/mol. The molecular formula is C14H21N5O2. The lowest BCUT2D eigenvalue weighted by Gasteiger charge is -2.27.